The lowest BCUT2D eigenvalue weighted by Gasteiger charge is -2.21. The van der Waals surface area contributed by atoms with Gasteiger partial charge in [0.1, 0.15) is 12.7 Å². The highest BCUT2D eigenvalue weighted by molar-refractivity contribution is 7.47. The summed E-state index contributed by atoms with van der Waals surface area (Å²) in [5.41, 5.74) is 0. The Balaban J connectivity index is 4.78. The van der Waals surface area contributed by atoms with E-state index >= 15 is 0 Å². The molecule has 0 aliphatic rings. The van der Waals surface area contributed by atoms with Crippen LogP contribution in [0.1, 0.15) is 239 Å². The summed E-state index contributed by atoms with van der Waals surface area (Å²) < 4.78 is 39.3. The number of phosphoric ester groups is 1. The first-order valence-electron chi connectivity index (χ1n) is 27.8. The Hall–Kier alpha value is -3.08. The number of rotatable bonds is 51. The van der Waals surface area contributed by atoms with Crippen LogP contribution in [0.2, 0.25) is 0 Å². The van der Waals surface area contributed by atoms with E-state index in [0.717, 1.165) is 83.5 Å². The van der Waals surface area contributed by atoms with Crippen LogP contribution in [0.4, 0.5) is 0 Å². The first kappa shape index (κ1) is 66.9. The summed E-state index contributed by atoms with van der Waals surface area (Å²) in [6.07, 6.45) is 57.4. The van der Waals surface area contributed by atoms with Gasteiger partial charge in [0.2, 0.25) is 0 Å². The second kappa shape index (κ2) is 52.2. The van der Waals surface area contributed by atoms with Gasteiger partial charge in [-0.2, -0.15) is 0 Å². The highest BCUT2D eigenvalue weighted by Gasteiger charge is 2.28. The van der Waals surface area contributed by atoms with Crippen molar-refractivity contribution >= 4 is 25.7 Å². The van der Waals surface area contributed by atoms with Gasteiger partial charge < -0.3 is 24.2 Å². The third kappa shape index (κ3) is 49.9. The molecule has 0 aromatic rings. The van der Waals surface area contributed by atoms with Gasteiger partial charge >= 0.3 is 25.7 Å². The fourth-order valence-electron chi connectivity index (χ4n) is 7.40. The molecule has 3 unspecified atom stereocenters. The molecule has 0 saturated carbocycles. The molecular formula is C58H101O11P. The van der Waals surface area contributed by atoms with E-state index in [0.29, 0.717) is 19.3 Å². The molecule has 0 aliphatic carbocycles. The summed E-state index contributed by atoms with van der Waals surface area (Å²) in [6, 6.07) is 0. The minimum atomic E-state index is -4.76. The van der Waals surface area contributed by atoms with Crippen LogP contribution >= 0.6 is 7.82 Å². The fourth-order valence-corrected chi connectivity index (χ4v) is 8.18. The fraction of sp³-hybridized carbons (Fsp3) is 0.741. The van der Waals surface area contributed by atoms with Crippen LogP contribution in [-0.2, 0) is 42.2 Å². The normalized spacial score (nSPS) is 14.0. The van der Waals surface area contributed by atoms with Gasteiger partial charge in [-0.05, 0) is 77.0 Å². The van der Waals surface area contributed by atoms with E-state index < -0.39 is 57.8 Å². The average Bonchev–Trinajstić information content (AvgIpc) is 3.35. The zero-order valence-corrected chi connectivity index (χ0v) is 45.4. The SMILES string of the molecule is CC/C=C\C/C=C\C/C=C\C/C=C\CCC(=O)OC(COC(=O)CCCCCCCCC/C=C\C/C=C\CCCCC)COP(=O)(O)OCC(CO)OC(=O)CCCCCCCCCCCCCCC. The third-order valence-electron chi connectivity index (χ3n) is 11.6. The van der Waals surface area contributed by atoms with Crippen LogP contribution in [0.3, 0.4) is 0 Å². The molecule has 0 amide bonds. The quantitative estimate of drug-likeness (QED) is 0.0197. The Labute approximate surface area is 427 Å². The van der Waals surface area contributed by atoms with Gasteiger partial charge in [-0.1, -0.05) is 216 Å². The van der Waals surface area contributed by atoms with Crippen molar-refractivity contribution in [3.8, 4) is 0 Å². The smallest absolute Gasteiger partial charge is 0.462 e. The maximum atomic E-state index is 12.9. The van der Waals surface area contributed by atoms with Gasteiger partial charge in [0.15, 0.2) is 6.10 Å². The van der Waals surface area contributed by atoms with Crippen LogP contribution < -0.4 is 0 Å². The molecule has 0 spiro atoms. The van der Waals surface area contributed by atoms with Crippen LogP contribution in [0.15, 0.2) is 72.9 Å². The van der Waals surface area contributed by atoms with Crippen LogP contribution in [0.5, 0.6) is 0 Å². The lowest BCUT2D eigenvalue weighted by atomic mass is 10.0. The van der Waals surface area contributed by atoms with Crippen LogP contribution in [0, 0.1) is 0 Å². The summed E-state index contributed by atoms with van der Waals surface area (Å²) in [4.78, 5) is 48.4. The molecule has 3 atom stereocenters. The Kier molecular flexibility index (Phi) is 50.0. The second-order valence-corrected chi connectivity index (χ2v) is 19.8. The van der Waals surface area contributed by atoms with E-state index in [-0.39, 0.29) is 25.9 Å². The Morgan fingerprint density at radius 1 is 0.414 bits per heavy atom. The number of carbonyl (C=O) groups is 3. The topological polar surface area (TPSA) is 155 Å². The Bertz CT molecular complexity index is 1450. The van der Waals surface area contributed by atoms with Gasteiger partial charge in [0.25, 0.3) is 0 Å². The minimum Gasteiger partial charge on any atom is -0.462 e. The van der Waals surface area contributed by atoms with Crippen molar-refractivity contribution in [1.82, 2.24) is 0 Å². The summed E-state index contributed by atoms with van der Waals surface area (Å²) in [5.74, 6) is -1.57. The Morgan fingerprint density at radius 3 is 1.26 bits per heavy atom. The summed E-state index contributed by atoms with van der Waals surface area (Å²) in [5, 5.41) is 9.79. The van der Waals surface area contributed by atoms with Crippen molar-refractivity contribution in [3.05, 3.63) is 72.9 Å². The van der Waals surface area contributed by atoms with E-state index in [1.54, 1.807) is 0 Å². The molecular weight excluding hydrogens is 904 g/mol. The number of aliphatic hydroxyl groups is 1. The van der Waals surface area contributed by atoms with E-state index in [1.807, 2.05) is 12.2 Å². The number of allylic oxidation sites excluding steroid dienone is 12. The number of unbranched alkanes of at least 4 members (excludes halogenated alkanes) is 22. The highest BCUT2D eigenvalue weighted by Crippen LogP contribution is 2.43. The number of ether oxygens (including phenoxy) is 3. The molecule has 0 aromatic heterocycles. The van der Waals surface area contributed by atoms with E-state index in [4.69, 9.17) is 23.3 Å². The molecule has 0 aliphatic heterocycles. The number of aliphatic hydroxyl groups excluding tert-OH is 1. The maximum Gasteiger partial charge on any atom is 0.472 e. The first-order chi connectivity index (χ1) is 34.2. The summed E-state index contributed by atoms with van der Waals surface area (Å²) in [7, 11) is -4.76. The predicted molar refractivity (Wildman–Crippen MR) is 288 cm³/mol. The summed E-state index contributed by atoms with van der Waals surface area (Å²) in [6.45, 7) is 4.41. The van der Waals surface area contributed by atoms with Crippen molar-refractivity contribution in [2.24, 2.45) is 0 Å². The largest absolute Gasteiger partial charge is 0.472 e. The lowest BCUT2D eigenvalue weighted by molar-refractivity contribution is -0.161. The molecule has 0 aromatic carbocycles. The maximum absolute atomic E-state index is 12.9. The monoisotopic (exact) mass is 1000 g/mol. The lowest BCUT2D eigenvalue weighted by Crippen LogP contribution is -2.30. The molecule has 70 heavy (non-hydrogen) atoms. The van der Waals surface area contributed by atoms with Crippen molar-refractivity contribution in [1.29, 1.82) is 0 Å². The first-order valence-corrected chi connectivity index (χ1v) is 29.3. The molecule has 0 heterocycles. The molecule has 12 heteroatoms. The minimum absolute atomic E-state index is 0.0440. The molecule has 11 nitrogen and oxygen atoms in total. The molecule has 0 rings (SSSR count). The molecule has 0 bridgehead atoms. The Morgan fingerprint density at radius 2 is 0.771 bits per heavy atom. The van der Waals surface area contributed by atoms with Crippen LogP contribution in [0.25, 0.3) is 0 Å². The molecule has 0 radical (unpaired) electrons. The van der Waals surface area contributed by atoms with Crippen molar-refractivity contribution in [2.75, 3.05) is 26.4 Å². The van der Waals surface area contributed by atoms with Crippen molar-refractivity contribution in [2.45, 2.75) is 251 Å². The van der Waals surface area contributed by atoms with Crippen LogP contribution in [-0.4, -0.2) is 66.5 Å². The van der Waals surface area contributed by atoms with Gasteiger partial charge in [-0.15, -0.1) is 0 Å². The third-order valence-corrected chi connectivity index (χ3v) is 12.6. The zero-order chi connectivity index (χ0) is 51.3. The van der Waals surface area contributed by atoms with Gasteiger partial charge in [-0.3, -0.25) is 23.4 Å². The second-order valence-electron chi connectivity index (χ2n) is 18.4. The number of carbonyl (C=O) groups excluding carboxylic acids is 3. The number of phosphoric acid groups is 1. The summed E-state index contributed by atoms with van der Waals surface area (Å²) >= 11 is 0. The predicted octanol–water partition coefficient (Wildman–Crippen LogP) is 16.1. The van der Waals surface area contributed by atoms with Crippen molar-refractivity contribution in [3.63, 3.8) is 0 Å². The molecule has 0 fully saturated rings. The number of hydrogen-bond acceptors (Lipinski definition) is 10. The number of esters is 3. The molecule has 404 valence electrons. The van der Waals surface area contributed by atoms with E-state index in [9.17, 15) is 28.9 Å². The molecule has 2 N–H and O–H groups in total. The van der Waals surface area contributed by atoms with Gasteiger partial charge in [-0.25, -0.2) is 4.57 Å². The van der Waals surface area contributed by atoms with Crippen molar-refractivity contribution < 1.29 is 52.2 Å². The average molecular weight is 1010 g/mol. The molecule has 0 saturated heterocycles. The van der Waals surface area contributed by atoms with Gasteiger partial charge in [0, 0.05) is 19.3 Å². The van der Waals surface area contributed by atoms with E-state index in [2.05, 4.69) is 81.5 Å². The number of hydrogen-bond donors (Lipinski definition) is 2. The van der Waals surface area contributed by atoms with E-state index in [1.165, 1.54) is 96.3 Å². The standard InChI is InChI=1S/C58H101O11P/c1-4-7-10-13-16-19-22-25-26-27-28-31-32-35-38-41-44-47-56(60)65-51-55(69-58(62)49-46-43-40-37-34-30-24-21-18-15-12-9-6-3)53-67-70(63,64)66-52-54(50-59)68-57(61)48-45-42-39-36-33-29-23-20-17-14-11-8-5-2/h9,12,16,18-19,21,25-26,30,34,40,43,54-55,59H,4-8,10-11,13-15,17,20,22-24,27-29,31-33,35-39,41-42,44-53H2,1-3H3,(H,63,64)/b12-9-,19-16-,21-18-,26-25-,34-30-,43-40-. The van der Waals surface area contributed by atoms with Gasteiger partial charge in [0.05, 0.1) is 19.8 Å². The zero-order valence-electron chi connectivity index (χ0n) is 44.5. The highest BCUT2D eigenvalue weighted by atomic mass is 31.2.